The number of rotatable bonds is 1. The van der Waals surface area contributed by atoms with Crippen molar-refractivity contribution in [3.05, 3.63) is 18.1 Å². The van der Waals surface area contributed by atoms with Crippen molar-refractivity contribution in [2.45, 2.75) is 26.4 Å². The second kappa shape index (κ2) is 4.20. The van der Waals surface area contributed by atoms with Gasteiger partial charge in [0.2, 0.25) is 0 Å². The Balaban J connectivity index is 2.01. The first-order chi connectivity index (χ1) is 8.65. The Hall–Kier alpha value is -1.69. The topological polar surface area (TPSA) is 66.5 Å². The van der Waals surface area contributed by atoms with Gasteiger partial charge in [-0.25, -0.2) is 4.98 Å². The van der Waals surface area contributed by atoms with E-state index in [9.17, 15) is 5.11 Å². The minimum absolute atomic E-state index is 0.286. The van der Waals surface area contributed by atoms with Gasteiger partial charge in [0.1, 0.15) is 12.1 Å². The van der Waals surface area contributed by atoms with E-state index in [0.29, 0.717) is 18.2 Å². The van der Waals surface area contributed by atoms with Crippen LogP contribution >= 0.6 is 0 Å². The number of aliphatic hydroxyl groups excluding tert-OH is 1. The molecule has 0 aromatic carbocycles. The zero-order valence-corrected chi connectivity index (χ0v) is 10.6. The van der Waals surface area contributed by atoms with Crippen LogP contribution < -0.4 is 4.90 Å². The van der Waals surface area contributed by atoms with Gasteiger partial charge < -0.3 is 10.0 Å². The Morgan fingerprint density at radius 1 is 1.44 bits per heavy atom. The summed E-state index contributed by atoms with van der Waals surface area (Å²) >= 11 is 0. The van der Waals surface area contributed by atoms with Crippen molar-refractivity contribution >= 4 is 11.6 Å². The van der Waals surface area contributed by atoms with Crippen molar-refractivity contribution in [1.82, 2.24) is 19.6 Å². The highest BCUT2D eigenvalue weighted by atomic mass is 16.3. The molecule has 0 radical (unpaired) electrons. The first-order valence-electron chi connectivity index (χ1n) is 6.25. The molecule has 6 nitrogen and oxygen atoms in total. The summed E-state index contributed by atoms with van der Waals surface area (Å²) in [5, 5.41) is 14.2. The minimum atomic E-state index is -0.286. The number of aromatic nitrogens is 4. The maximum Gasteiger partial charge on any atom is 0.254 e. The number of hydrogen-bond donors (Lipinski definition) is 1. The molecule has 1 aliphatic heterocycles. The highest BCUT2D eigenvalue weighted by Crippen LogP contribution is 2.23. The molecule has 6 heteroatoms. The number of fused-ring (bicyclic) bond motifs is 1. The predicted octanol–water partition coefficient (Wildman–Crippen LogP) is 0.640. The minimum Gasteiger partial charge on any atom is -0.391 e. The fraction of sp³-hybridized carbons (Fsp3) is 0.583. The van der Waals surface area contributed by atoms with Gasteiger partial charge >= 0.3 is 0 Å². The van der Waals surface area contributed by atoms with Crippen LogP contribution in [0.4, 0.5) is 5.82 Å². The summed E-state index contributed by atoms with van der Waals surface area (Å²) in [4.78, 5) is 10.6. The molecule has 0 amide bonds. The number of nitrogens with zero attached hydrogens (tertiary/aromatic N) is 5. The average Bonchev–Trinajstić information content (AvgIpc) is 2.79. The number of aryl methyl sites for hydroxylation is 1. The quantitative estimate of drug-likeness (QED) is 0.801. The third kappa shape index (κ3) is 1.82. The van der Waals surface area contributed by atoms with Crippen molar-refractivity contribution in [1.29, 1.82) is 0 Å². The van der Waals surface area contributed by atoms with Crippen molar-refractivity contribution in [3.8, 4) is 0 Å². The van der Waals surface area contributed by atoms with Crippen LogP contribution in [0.25, 0.3) is 5.78 Å². The van der Waals surface area contributed by atoms with E-state index in [1.54, 1.807) is 4.52 Å². The molecule has 0 aliphatic carbocycles. The average molecular weight is 247 g/mol. The molecule has 18 heavy (non-hydrogen) atoms. The molecule has 3 heterocycles. The van der Waals surface area contributed by atoms with Crippen LogP contribution in [0, 0.1) is 12.8 Å². The fourth-order valence-corrected chi connectivity index (χ4v) is 2.39. The van der Waals surface area contributed by atoms with Gasteiger partial charge in [0.15, 0.2) is 0 Å². The third-order valence-corrected chi connectivity index (χ3v) is 3.60. The van der Waals surface area contributed by atoms with E-state index in [2.05, 4.69) is 26.9 Å². The van der Waals surface area contributed by atoms with Crippen molar-refractivity contribution in [2.24, 2.45) is 5.92 Å². The number of anilines is 1. The Morgan fingerprint density at radius 3 is 3.06 bits per heavy atom. The molecular formula is C12H17N5O. The number of hydrogen-bond acceptors (Lipinski definition) is 5. The van der Waals surface area contributed by atoms with Crippen LogP contribution in [0.1, 0.15) is 19.0 Å². The molecule has 2 aromatic heterocycles. The summed E-state index contributed by atoms with van der Waals surface area (Å²) < 4.78 is 1.73. The molecule has 1 N–H and O–H groups in total. The molecule has 0 saturated carbocycles. The first kappa shape index (κ1) is 11.4. The first-order valence-corrected chi connectivity index (χ1v) is 6.25. The number of aliphatic hydroxyl groups is 1. The van der Waals surface area contributed by atoms with Crippen LogP contribution in [-0.4, -0.2) is 43.9 Å². The van der Waals surface area contributed by atoms with Crippen LogP contribution in [0.2, 0.25) is 0 Å². The SMILES string of the molecule is Cc1cc(N2CCC(C)C(O)C2)n2ncnc2n1. The summed E-state index contributed by atoms with van der Waals surface area (Å²) in [6.07, 6.45) is 2.21. The Morgan fingerprint density at radius 2 is 2.28 bits per heavy atom. The normalized spacial score (nSPS) is 24.7. The molecule has 1 saturated heterocycles. The van der Waals surface area contributed by atoms with Gasteiger partial charge in [-0.05, 0) is 19.3 Å². The Labute approximate surface area is 105 Å². The molecule has 2 aromatic rings. The molecule has 2 unspecified atom stereocenters. The van der Waals surface area contributed by atoms with Crippen molar-refractivity contribution in [2.75, 3.05) is 18.0 Å². The fourth-order valence-electron chi connectivity index (χ4n) is 2.39. The zero-order valence-electron chi connectivity index (χ0n) is 10.6. The van der Waals surface area contributed by atoms with Gasteiger partial charge in [-0.3, -0.25) is 0 Å². The Bertz CT molecular complexity index is 567. The lowest BCUT2D eigenvalue weighted by Gasteiger charge is -2.35. The van der Waals surface area contributed by atoms with Crippen molar-refractivity contribution < 1.29 is 5.11 Å². The molecule has 96 valence electrons. The summed E-state index contributed by atoms with van der Waals surface area (Å²) in [5.41, 5.74) is 0.915. The molecule has 0 bridgehead atoms. The zero-order chi connectivity index (χ0) is 12.7. The van der Waals surface area contributed by atoms with Gasteiger partial charge in [0.05, 0.1) is 6.10 Å². The van der Waals surface area contributed by atoms with Crippen LogP contribution in [0.15, 0.2) is 12.4 Å². The largest absolute Gasteiger partial charge is 0.391 e. The van der Waals surface area contributed by atoms with Crippen molar-refractivity contribution in [3.63, 3.8) is 0 Å². The maximum absolute atomic E-state index is 10.00. The second-order valence-corrected chi connectivity index (χ2v) is 5.01. The molecule has 3 rings (SSSR count). The van der Waals surface area contributed by atoms with E-state index < -0.39 is 0 Å². The van der Waals surface area contributed by atoms with Gasteiger partial charge in [0.25, 0.3) is 5.78 Å². The van der Waals surface area contributed by atoms with E-state index in [0.717, 1.165) is 24.5 Å². The monoisotopic (exact) mass is 247 g/mol. The summed E-state index contributed by atoms with van der Waals surface area (Å²) in [6.45, 7) is 5.60. The van der Waals surface area contributed by atoms with Gasteiger partial charge in [-0.1, -0.05) is 6.92 Å². The van der Waals surface area contributed by atoms with E-state index in [4.69, 9.17) is 0 Å². The van der Waals surface area contributed by atoms with Crippen LogP contribution in [0.5, 0.6) is 0 Å². The number of β-amino-alcohol motifs (C(OH)–C–C–N with tert-alkyl or cyclic N) is 1. The van der Waals surface area contributed by atoms with E-state index in [-0.39, 0.29) is 6.10 Å². The van der Waals surface area contributed by atoms with Gasteiger partial charge in [-0.2, -0.15) is 14.6 Å². The predicted molar refractivity (Wildman–Crippen MR) is 67.5 cm³/mol. The van der Waals surface area contributed by atoms with E-state index >= 15 is 0 Å². The van der Waals surface area contributed by atoms with Crippen LogP contribution in [0.3, 0.4) is 0 Å². The molecule has 1 aliphatic rings. The van der Waals surface area contributed by atoms with Gasteiger partial charge in [-0.15, -0.1) is 0 Å². The van der Waals surface area contributed by atoms with E-state index in [1.807, 2.05) is 13.0 Å². The van der Waals surface area contributed by atoms with Crippen LogP contribution in [-0.2, 0) is 0 Å². The summed E-state index contributed by atoms with van der Waals surface area (Å²) in [7, 11) is 0. The molecular weight excluding hydrogens is 230 g/mol. The third-order valence-electron chi connectivity index (χ3n) is 3.60. The Kier molecular flexibility index (Phi) is 2.66. The summed E-state index contributed by atoms with van der Waals surface area (Å²) in [5.74, 6) is 1.93. The van der Waals surface area contributed by atoms with E-state index in [1.165, 1.54) is 6.33 Å². The lowest BCUT2D eigenvalue weighted by atomic mass is 9.96. The highest BCUT2D eigenvalue weighted by molar-refractivity contribution is 5.47. The highest BCUT2D eigenvalue weighted by Gasteiger charge is 2.26. The smallest absolute Gasteiger partial charge is 0.254 e. The lowest BCUT2D eigenvalue weighted by molar-refractivity contribution is 0.102. The number of piperidine rings is 1. The maximum atomic E-state index is 10.00. The molecule has 2 atom stereocenters. The second-order valence-electron chi connectivity index (χ2n) is 5.01. The van der Waals surface area contributed by atoms with Gasteiger partial charge in [0, 0.05) is 24.8 Å². The molecule has 1 fully saturated rings. The standard InChI is InChI=1S/C12H17N5O/c1-8-3-4-16(6-10(8)18)11-5-9(2)15-12-13-7-14-17(11)12/h5,7-8,10,18H,3-4,6H2,1-2H3. The lowest BCUT2D eigenvalue weighted by Crippen LogP contribution is -2.43. The summed E-state index contributed by atoms with van der Waals surface area (Å²) in [6, 6.07) is 1.99. The molecule has 0 spiro atoms.